The van der Waals surface area contributed by atoms with Crippen LogP contribution in [0.4, 0.5) is 0 Å². The smallest absolute Gasteiger partial charge is 0.251 e. The van der Waals surface area contributed by atoms with E-state index in [2.05, 4.69) is 34.8 Å². The number of halogens is 1. The number of carbonyl (C=O) groups excluding carboxylic acids is 1. The van der Waals surface area contributed by atoms with E-state index >= 15 is 0 Å². The molecule has 94 valence electrons. The molecule has 1 aromatic rings. The highest BCUT2D eigenvalue weighted by Crippen LogP contribution is 2.08. The summed E-state index contributed by atoms with van der Waals surface area (Å²) in [7, 11) is 0. The molecule has 0 aliphatic heterocycles. The molecule has 1 amide bonds. The van der Waals surface area contributed by atoms with Crippen LogP contribution < -0.4 is 11.1 Å². The minimum atomic E-state index is -0.0323. The van der Waals surface area contributed by atoms with Crippen molar-refractivity contribution in [2.24, 2.45) is 5.73 Å². The van der Waals surface area contributed by atoms with E-state index in [0.717, 1.165) is 22.8 Å². The third kappa shape index (κ3) is 5.04. The molecule has 1 aromatic carbocycles. The maximum absolute atomic E-state index is 12.0. The zero-order valence-electron chi connectivity index (χ0n) is 10.1. The number of nitrogens with two attached hydrogens (primary N) is 1. The van der Waals surface area contributed by atoms with Gasteiger partial charge in [0, 0.05) is 21.7 Å². The topological polar surface area (TPSA) is 55.1 Å². The Morgan fingerprint density at radius 1 is 1.53 bits per heavy atom. The van der Waals surface area contributed by atoms with Gasteiger partial charge in [-0.05, 0) is 47.2 Å². The average Bonchev–Trinajstić information content (AvgIpc) is 2.34. The van der Waals surface area contributed by atoms with Crippen molar-refractivity contribution < 1.29 is 4.79 Å². The van der Waals surface area contributed by atoms with E-state index in [1.807, 2.05) is 24.3 Å². The Morgan fingerprint density at radius 3 is 2.88 bits per heavy atom. The Morgan fingerprint density at radius 2 is 2.29 bits per heavy atom. The highest BCUT2D eigenvalue weighted by Gasteiger charge is 2.11. The Hall–Kier alpha value is -0.620. The minimum absolute atomic E-state index is 0.0323. The number of nitrogens with one attached hydrogen (secondary N) is 1. The first kappa shape index (κ1) is 14.4. The van der Waals surface area contributed by atoms with Crippen LogP contribution in [-0.2, 0) is 0 Å². The van der Waals surface area contributed by atoms with E-state index in [1.165, 1.54) is 0 Å². The summed E-state index contributed by atoms with van der Waals surface area (Å²) in [6.07, 6.45) is 3.16. The highest BCUT2D eigenvalue weighted by molar-refractivity contribution is 14.1. The summed E-state index contributed by atoms with van der Waals surface area (Å²) in [4.78, 5) is 12.0. The molecule has 17 heavy (non-hydrogen) atoms. The summed E-state index contributed by atoms with van der Waals surface area (Å²) < 4.78 is 1.06. The van der Waals surface area contributed by atoms with Crippen molar-refractivity contribution >= 4 is 28.5 Å². The molecule has 1 atom stereocenters. The number of amides is 1. The SMILES string of the molecule is CCCCC(CN)NC(=O)c1cccc(I)c1. The van der Waals surface area contributed by atoms with Crippen LogP contribution in [0.3, 0.4) is 0 Å². The molecule has 0 saturated carbocycles. The molecular formula is C13H19IN2O. The van der Waals surface area contributed by atoms with Crippen LogP contribution in [0, 0.1) is 3.57 Å². The summed E-state index contributed by atoms with van der Waals surface area (Å²) in [6, 6.07) is 7.64. The lowest BCUT2D eigenvalue weighted by atomic mass is 10.1. The first-order chi connectivity index (χ1) is 8.17. The van der Waals surface area contributed by atoms with Gasteiger partial charge in [-0.15, -0.1) is 0 Å². The molecule has 0 saturated heterocycles. The van der Waals surface area contributed by atoms with Crippen molar-refractivity contribution in [2.45, 2.75) is 32.2 Å². The normalized spacial score (nSPS) is 12.2. The first-order valence-electron chi connectivity index (χ1n) is 5.94. The number of rotatable bonds is 6. The van der Waals surface area contributed by atoms with Gasteiger partial charge in [-0.25, -0.2) is 0 Å². The fourth-order valence-electron chi connectivity index (χ4n) is 1.60. The van der Waals surface area contributed by atoms with Crippen LogP contribution in [0.1, 0.15) is 36.5 Å². The number of hydrogen-bond acceptors (Lipinski definition) is 2. The van der Waals surface area contributed by atoms with Crippen LogP contribution in [0.25, 0.3) is 0 Å². The second-order valence-corrected chi connectivity index (χ2v) is 5.30. The lowest BCUT2D eigenvalue weighted by Gasteiger charge is -2.16. The van der Waals surface area contributed by atoms with Crippen LogP contribution in [0.15, 0.2) is 24.3 Å². The molecule has 0 aliphatic rings. The zero-order chi connectivity index (χ0) is 12.7. The number of unbranched alkanes of at least 4 members (excludes halogenated alkanes) is 1. The molecule has 0 spiro atoms. The Labute approximate surface area is 116 Å². The van der Waals surface area contributed by atoms with Gasteiger partial charge in [-0.1, -0.05) is 25.8 Å². The Kier molecular flexibility index (Phi) is 6.50. The second kappa shape index (κ2) is 7.66. The van der Waals surface area contributed by atoms with Crippen LogP contribution in [-0.4, -0.2) is 18.5 Å². The third-order valence-corrected chi connectivity index (χ3v) is 3.28. The van der Waals surface area contributed by atoms with E-state index in [9.17, 15) is 4.79 Å². The summed E-state index contributed by atoms with van der Waals surface area (Å²) in [6.45, 7) is 2.63. The lowest BCUT2D eigenvalue weighted by Crippen LogP contribution is -2.40. The maximum Gasteiger partial charge on any atom is 0.251 e. The Bertz CT molecular complexity index is 368. The molecule has 0 aliphatic carbocycles. The summed E-state index contributed by atoms with van der Waals surface area (Å²) in [5, 5.41) is 2.98. The zero-order valence-corrected chi connectivity index (χ0v) is 12.2. The van der Waals surface area contributed by atoms with Gasteiger partial charge in [0.05, 0.1) is 0 Å². The van der Waals surface area contributed by atoms with Gasteiger partial charge in [-0.2, -0.15) is 0 Å². The lowest BCUT2D eigenvalue weighted by molar-refractivity contribution is 0.0935. The van der Waals surface area contributed by atoms with E-state index in [1.54, 1.807) is 0 Å². The first-order valence-corrected chi connectivity index (χ1v) is 7.01. The predicted octanol–water partition coefficient (Wildman–Crippen LogP) is 2.54. The van der Waals surface area contributed by atoms with Crippen LogP contribution in [0.2, 0.25) is 0 Å². The molecule has 0 fully saturated rings. The average molecular weight is 346 g/mol. The predicted molar refractivity (Wildman–Crippen MR) is 79.0 cm³/mol. The quantitative estimate of drug-likeness (QED) is 0.778. The fourth-order valence-corrected chi connectivity index (χ4v) is 2.14. The maximum atomic E-state index is 12.0. The number of benzene rings is 1. The second-order valence-electron chi connectivity index (χ2n) is 4.06. The van der Waals surface area contributed by atoms with E-state index in [0.29, 0.717) is 12.1 Å². The molecule has 0 bridgehead atoms. The molecule has 3 N–H and O–H groups in total. The molecule has 0 radical (unpaired) electrons. The molecule has 1 rings (SSSR count). The van der Waals surface area contributed by atoms with Gasteiger partial charge in [-0.3, -0.25) is 4.79 Å². The summed E-state index contributed by atoms with van der Waals surface area (Å²) >= 11 is 2.20. The molecule has 4 heteroatoms. The van der Waals surface area contributed by atoms with E-state index in [-0.39, 0.29) is 11.9 Å². The molecule has 1 unspecified atom stereocenters. The molecular weight excluding hydrogens is 327 g/mol. The fraction of sp³-hybridized carbons (Fsp3) is 0.462. The van der Waals surface area contributed by atoms with Gasteiger partial charge < -0.3 is 11.1 Å². The standard InChI is InChI=1S/C13H19IN2O/c1-2-3-7-12(9-15)16-13(17)10-5-4-6-11(14)8-10/h4-6,8,12H,2-3,7,9,15H2,1H3,(H,16,17). The molecule has 0 aromatic heterocycles. The van der Waals surface area contributed by atoms with E-state index < -0.39 is 0 Å². The van der Waals surface area contributed by atoms with Crippen molar-refractivity contribution in [1.82, 2.24) is 5.32 Å². The van der Waals surface area contributed by atoms with E-state index in [4.69, 9.17) is 5.73 Å². The van der Waals surface area contributed by atoms with Crippen molar-refractivity contribution in [3.8, 4) is 0 Å². The van der Waals surface area contributed by atoms with Gasteiger partial charge in [0.2, 0.25) is 0 Å². The molecule has 0 heterocycles. The van der Waals surface area contributed by atoms with Gasteiger partial charge in [0.25, 0.3) is 5.91 Å². The van der Waals surface area contributed by atoms with Crippen LogP contribution >= 0.6 is 22.6 Å². The number of hydrogen-bond donors (Lipinski definition) is 2. The van der Waals surface area contributed by atoms with Crippen LogP contribution in [0.5, 0.6) is 0 Å². The monoisotopic (exact) mass is 346 g/mol. The molecule has 3 nitrogen and oxygen atoms in total. The third-order valence-electron chi connectivity index (χ3n) is 2.61. The minimum Gasteiger partial charge on any atom is -0.348 e. The van der Waals surface area contributed by atoms with Gasteiger partial charge in [0.1, 0.15) is 0 Å². The summed E-state index contributed by atoms with van der Waals surface area (Å²) in [5.74, 6) is -0.0323. The highest BCUT2D eigenvalue weighted by atomic mass is 127. The van der Waals surface area contributed by atoms with Crippen molar-refractivity contribution in [3.05, 3.63) is 33.4 Å². The van der Waals surface area contributed by atoms with Gasteiger partial charge >= 0.3 is 0 Å². The van der Waals surface area contributed by atoms with Crippen molar-refractivity contribution in [3.63, 3.8) is 0 Å². The Balaban J connectivity index is 2.58. The largest absolute Gasteiger partial charge is 0.348 e. The van der Waals surface area contributed by atoms with Crippen molar-refractivity contribution in [2.75, 3.05) is 6.54 Å². The summed E-state index contributed by atoms with van der Waals surface area (Å²) in [5.41, 5.74) is 6.35. The van der Waals surface area contributed by atoms with Crippen molar-refractivity contribution in [1.29, 1.82) is 0 Å². The van der Waals surface area contributed by atoms with Gasteiger partial charge in [0.15, 0.2) is 0 Å². The number of carbonyl (C=O) groups is 1.